The van der Waals surface area contributed by atoms with Crippen LogP contribution >= 0.6 is 0 Å². The van der Waals surface area contributed by atoms with Gasteiger partial charge in [0.1, 0.15) is 6.29 Å². The smallest absolute Gasteiger partial charge is 0.124 e. The number of rotatable bonds is 2. The maximum atomic E-state index is 10.5. The maximum absolute atomic E-state index is 10.5. The Labute approximate surface area is 83.2 Å². The molecule has 14 heavy (non-hydrogen) atoms. The van der Waals surface area contributed by atoms with Crippen LogP contribution in [0.1, 0.15) is 11.1 Å². The quantitative estimate of drug-likeness (QED) is 0.661. The minimum atomic E-state index is 0.502. The summed E-state index contributed by atoms with van der Waals surface area (Å²) in [6.07, 6.45) is 3.56. The topological polar surface area (TPSA) is 22.0 Å². The predicted octanol–water partition coefficient (Wildman–Crippen LogP) is 2.23. The first-order valence-corrected chi connectivity index (χ1v) is 4.71. The average molecular weight is 187 g/mol. The van der Waals surface area contributed by atoms with Crippen LogP contribution < -0.4 is 0 Å². The van der Waals surface area contributed by atoms with Crippen molar-refractivity contribution in [1.29, 1.82) is 0 Å². The highest BCUT2D eigenvalue weighted by molar-refractivity contribution is 5.88. The van der Waals surface area contributed by atoms with Gasteiger partial charge in [-0.2, -0.15) is 0 Å². The number of benzene rings is 1. The third-order valence-corrected chi connectivity index (χ3v) is 2.59. The Morgan fingerprint density at radius 2 is 2.21 bits per heavy atom. The molecule has 72 valence electrons. The summed E-state index contributed by atoms with van der Waals surface area (Å²) in [6.45, 7) is 2.08. The molecule has 0 N–H and O–H groups in total. The van der Waals surface area contributed by atoms with Crippen LogP contribution in [0.4, 0.5) is 0 Å². The Kier molecular flexibility index (Phi) is 2.12. The van der Waals surface area contributed by atoms with Gasteiger partial charge in [0.15, 0.2) is 0 Å². The summed E-state index contributed by atoms with van der Waals surface area (Å²) in [5.41, 5.74) is 3.55. The van der Waals surface area contributed by atoms with Crippen LogP contribution in [0.3, 0.4) is 0 Å². The average Bonchev–Trinajstić information content (AvgIpc) is 2.44. The van der Waals surface area contributed by atoms with Crippen molar-refractivity contribution in [2.45, 2.75) is 13.3 Å². The van der Waals surface area contributed by atoms with Crippen molar-refractivity contribution in [1.82, 2.24) is 4.57 Å². The van der Waals surface area contributed by atoms with E-state index in [1.807, 2.05) is 19.2 Å². The van der Waals surface area contributed by atoms with Crippen LogP contribution in [0.15, 0.2) is 24.4 Å². The van der Waals surface area contributed by atoms with Gasteiger partial charge in [0.25, 0.3) is 0 Å². The van der Waals surface area contributed by atoms with Crippen LogP contribution in [-0.4, -0.2) is 10.9 Å². The molecular formula is C12H13NO. The molecule has 0 amide bonds. The second kappa shape index (κ2) is 3.29. The zero-order valence-electron chi connectivity index (χ0n) is 8.45. The lowest BCUT2D eigenvalue weighted by atomic mass is 10.1. The van der Waals surface area contributed by atoms with Crippen molar-refractivity contribution in [3.8, 4) is 0 Å². The van der Waals surface area contributed by atoms with Crippen LogP contribution in [-0.2, 0) is 18.3 Å². The monoisotopic (exact) mass is 187 g/mol. The lowest BCUT2D eigenvalue weighted by Crippen LogP contribution is -1.89. The van der Waals surface area contributed by atoms with Gasteiger partial charge in [-0.1, -0.05) is 12.1 Å². The first kappa shape index (κ1) is 9.00. The van der Waals surface area contributed by atoms with E-state index in [0.29, 0.717) is 6.42 Å². The molecule has 0 spiro atoms. The molecule has 0 aliphatic carbocycles. The molecule has 0 saturated heterocycles. The molecule has 1 aromatic heterocycles. The van der Waals surface area contributed by atoms with E-state index in [-0.39, 0.29) is 0 Å². The Morgan fingerprint density at radius 3 is 2.93 bits per heavy atom. The fraction of sp³-hybridized carbons (Fsp3) is 0.250. The third-order valence-electron chi connectivity index (χ3n) is 2.59. The summed E-state index contributed by atoms with van der Waals surface area (Å²) in [5, 5.41) is 1.22. The molecule has 0 bridgehead atoms. The second-order valence-corrected chi connectivity index (χ2v) is 3.61. The molecule has 0 atom stereocenters. The van der Waals surface area contributed by atoms with Crippen molar-refractivity contribution in [3.05, 3.63) is 35.5 Å². The van der Waals surface area contributed by atoms with Gasteiger partial charge in [0.05, 0.1) is 0 Å². The SMILES string of the molecule is Cc1cn(C)c2cccc(CC=O)c12. The molecule has 0 aliphatic rings. The molecule has 0 unspecified atom stereocenters. The Morgan fingerprint density at radius 1 is 1.43 bits per heavy atom. The number of aryl methyl sites for hydroxylation is 2. The first-order valence-electron chi connectivity index (χ1n) is 4.71. The fourth-order valence-electron chi connectivity index (χ4n) is 2.02. The normalized spacial score (nSPS) is 10.7. The molecule has 1 heterocycles. The number of carbonyl (C=O) groups excluding carboxylic acids is 1. The van der Waals surface area contributed by atoms with Gasteiger partial charge < -0.3 is 9.36 Å². The lowest BCUT2D eigenvalue weighted by Gasteiger charge is -2.00. The summed E-state index contributed by atoms with van der Waals surface area (Å²) in [6, 6.07) is 6.10. The number of carbonyl (C=O) groups is 1. The molecule has 1 aromatic carbocycles. The van der Waals surface area contributed by atoms with E-state index in [0.717, 1.165) is 11.8 Å². The first-order chi connectivity index (χ1) is 6.74. The van der Waals surface area contributed by atoms with E-state index in [1.54, 1.807) is 0 Å². The zero-order chi connectivity index (χ0) is 10.1. The van der Waals surface area contributed by atoms with Gasteiger partial charge in [-0.15, -0.1) is 0 Å². The molecule has 2 rings (SSSR count). The number of fused-ring (bicyclic) bond motifs is 1. The predicted molar refractivity (Wildman–Crippen MR) is 57.4 cm³/mol. The van der Waals surface area contributed by atoms with Crippen LogP contribution in [0.25, 0.3) is 10.9 Å². The molecule has 2 nitrogen and oxygen atoms in total. The minimum Gasteiger partial charge on any atom is -0.350 e. The van der Waals surface area contributed by atoms with E-state index in [2.05, 4.69) is 23.8 Å². The van der Waals surface area contributed by atoms with E-state index in [4.69, 9.17) is 0 Å². The van der Waals surface area contributed by atoms with E-state index < -0.39 is 0 Å². The highest BCUT2D eigenvalue weighted by Gasteiger charge is 2.06. The molecule has 0 aliphatic heterocycles. The summed E-state index contributed by atoms with van der Waals surface area (Å²) in [4.78, 5) is 10.5. The maximum Gasteiger partial charge on any atom is 0.124 e. The number of aromatic nitrogens is 1. The fourth-order valence-corrected chi connectivity index (χ4v) is 2.02. The Bertz CT molecular complexity index is 482. The third kappa shape index (κ3) is 1.23. The number of aldehydes is 1. The Balaban J connectivity index is 2.78. The number of nitrogens with zero attached hydrogens (tertiary/aromatic N) is 1. The van der Waals surface area contributed by atoms with E-state index in [1.165, 1.54) is 16.5 Å². The highest BCUT2D eigenvalue weighted by atomic mass is 16.1. The van der Waals surface area contributed by atoms with E-state index in [9.17, 15) is 4.79 Å². The van der Waals surface area contributed by atoms with Gasteiger partial charge in [-0.25, -0.2) is 0 Å². The van der Waals surface area contributed by atoms with Crippen molar-refractivity contribution in [3.63, 3.8) is 0 Å². The minimum absolute atomic E-state index is 0.502. The molecule has 0 fully saturated rings. The van der Waals surface area contributed by atoms with Gasteiger partial charge in [-0.05, 0) is 24.1 Å². The molecule has 0 saturated carbocycles. The highest BCUT2D eigenvalue weighted by Crippen LogP contribution is 2.23. The standard InChI is InChI=1S/C12H13NO/c1-9-8-13(2)11-5-3-4-10(6-7-14)12(9)11/h3-5,7-8H,6H2,1-2H3. The lowest BCUT2D eigenvalue weighted by molar-refractivity contribution is -0.107. The van der Waals surface area contributed by atoms with Crippen LogP contribution in [0.2, 0.25) is 0 Å². The van der Waals surface area contributed by atoms with Gasteiger partial charge in [0.2, 0.25) is 0 Å². The second-order valence-electron chi connectivity index (χ2n) is 3.61. The summed E-state index contributed by atoms with van der Waals surface area (Å²) in [7, 11) is 2.03. The van der Waals surface area contributed by atoms with E-state index >= 15 is 0 Å². The molecule has 0 radical (unpaired) electrons. The van der Waals surface area contributed by atoms with Crippen molar-refractivity contribution >= 4 is 17.2 Å². The van der Waals surface area contributed by atoms with Crippen LogP contribution in [0.5, 0.6) is 0 Å². The number of hydrogen-bond acceptors (Lipinski definition) is 1. The summed E-state index contributed by atoms with van der Waals surface area (Å²) < 4.78 is 2.10. The summed E-state index contributed by atoms with van der Waals surface area (Å²) in [5.74, 6) is 0. The van der Waals surface area contributed by atoms with Crippen molar-refractivity contribution < 1.29 is 4.79 Å². The zero-order valence-corrected chi connectivity index (χ0v) is 8.45. The van der Waals surface area contributed by atoms with Crippen molar-refractivity contribution in [2.75, 3.05) is 0 Å². The van der Waals surface area contributed by atoms with Gasteiger partial charge in [-0.3, -0.25) is 0 Å². The van der Waals surface area contributed by atoms with Crippen molar-refractivity contribution in [2.24, 2.45) is 7.05 Å². The summed E-state index contributed by atoms with van der Waals surface area (Å²) >= 11 is 0. The number of hydrogen-bond donors (Lipinski definition) is 0. The largest absolute Gasteiger partial charge is 0.350 e. The van der Waals surface area contributed by atoms with Gasteiger partial charge in [0, 0.05) is 30.6 Å². The molecule has 2 heteroatoms. The molecular weight excluding hydrogens is 174 g/mol. The Hall–Kier alpha value is -1.57. The molecule has 2 aromatic rings. The van der Waals surface area contributed by atoms with Crippen LogP contribution in [0, 0.1) is 6.92 Å². The van der Waals surface area contributed by atoms with Gasteiger partial charge >= 0.3 is 0 Å².